The molecule has 2 rings (SSSR count). The Morgan fingerprint density at radius 2 is 2.00 bits per heavy atom. The molecule has 0 aliphatic rings. The van der Waals surface area contributed by atoms with Crippen molar-refractivity contribution in [2.75, 3.05) is 7.11 Å². The second-order valence-electron chi connectivity index (χ2n) is 3.43. The minimum absolute atomic E-state index is 0.411. The molecule has 0 radical (unpaired) electrons. The lowest BCUT2D eigenvalue weighted by Gasteiger charge is -2.08. The second-order valence-corrected chi connectivity index (χ2v) is 4.28. The van der Waals surface area contributed by atoms with Gasteiger partial charge in [-0.1, -0.05) is 24.3 Å². The maximum absolute atomic E-state index is 11.7. The molecule has 0 aliphatic carbocycles. The molecule has 0 heterocycles. The molecule has 0 fully saturated rings. The van der Waals surface area contributed by atoms with Gasteiger partial charge in [0.25, 0.3) is 0 Å². The number of esters is 1. The predicted molar refractivity (Wildman–Crippen MR) is 67.7 cm³/mol. The van der Waals surface area contributed by atoms with Gasteiger partial charge in [0.1, 0.15) is 6.07 Å². The van der Waals surface area contributed by atoms with Crippen molar-refractivity contribution < 1.29 is 9.53 Å². The van der Waals surface area contributed by atoms with E-state index in [1.165, 1.54) is 7.11 Å². The van der Waals surface area contributed by atoms with Gasteiger partial charge in [-0.25, -0.2) is 4.79 Å². The van der Waals surface area contributed by atoms with Gasteiger partial charge in [0.05, 0.1) is 18.2 Å². The highest BCUT2D eigenvalue weighted by molar-refractivity contribution is 9.10. The van der Waals surface area contributed by atoms with Gasteiger partial charge in [-0.3, -0.25) is 0 Å². The van der Waals surface area contributed by atoms with Gasteiger partial charge < -0.3 is 4.74 Å². The molecule has 0 unspecified atom stereocenters. The zero-order valence-corrected chi connectivity index (χ0v) is 10.6. The number of halogens is 1. The summed E-state index contributed by atoms with van der Waals surface area (Å²) in [6.45, 7) is 0. The lowest BCUT2D eigenvalue weighted by Crippen LogP contribution is -2.03. The molecule has 2 aromatic carbocycles. The van der Waals surface area contributed by atoms with Crippen LogP contribution in [-0.2, 0) is 4.74 Å². The number of nitrogens with zero attached hydrogens (tertiary/aromatic N) is 1. The highest BCUT2D eigenvalue weighted by atomic mass is 79.9. The number of fused-ring (bicyclic) bond motifs is 1. The van der Waals surface area contributed by atoms with E-state index in [-0.39, 0.29) is 0 Å². The van der Waals surface area contributed by atoms with E-state index in [4.69, 9.17) is 10.00 Å². The van der Waals surface area contributed by atoms with Crippen LogP contribution in [0.2, 0.25) is 0 Å². The number of rotatable bonds is 1. The van der Waals surface area contributed by atoms with Gasteiger partial charge in [-0.05, 0) is 27.4 Å². The standard InChI is InChI=1S/C13H8BrNO2/c1-17-13(16)10-6-12(14)11(7-15)9-5-3-2-4-8(9)10/h2-6H,1H3. The molecule has 0 spiro atoms. The first-order valence-corrected chi connectivity index (χ1v) is 5.68. The number of carbonyl (C=O) groups excluding carboxylic acids is 1. The first kappa shape index (κ1) is 11.6. The Morgan fingerprint density at radius 1 is 1.35 bits per heavy atom. The van der Waals surface area contributed by atoms with E-state index in [1.54, 1.807) is 12.1 Å². The summed E-state index contributed by atoms with van der Waals surface area (Å²) in [5.41, 5.74) is 0.974. The maximum atomic E-state index is 11.7. The number of benzene rings is 2. The minimum atomic E-state index is -0.411. The predicted octanol–water partition coefficient (Wildman–Crippen LogP) is 3.26. The van der Waals surface area contributed by atoms with Crippen LogP contribution in [0.25, 0.3) is 10.8 Å². The van der Waals surface area contributed by atoms with Crippen molar-refractivity contribution in [1.82, 2.24) is 0 Å². The molecule has 0 amide bonds. The third-order valence-electron chi connectivity index (χ3n) is 2.51. The van der Waals surface area contributed by atoms with Crippen LogP contribution in [0.5, 0.6) is 0 Å². The summed E-state index contributed by atoms with van der Waals surface area (Å²) >= 11 is 3.30. The van der Waals surface area contributed by atoms with Crippen LogP contribution < -0.4 is 0 Å². The zero-order chi connectivity index (χ0) is 12.4. The van der Waals surface area contributed by atoms with Gasteiger partial charge >= 0.3 is 5.97 Å². The molecule has 2 aromatic rings. The topological polar surface area (TPSA) is 50.1 Å². The molecule has 0 saturated heterocycles. The van der Waals surface area contributed by atoms with Gasteiger partial charge in [0.15, 0.2) is 0 Å². The SMILES string of the molecule is COC(=O)c1cc(Br)c(C#N)c2ccccc12. The highest BCUT2D eigenvalue weighted by Crippen LogP contribution is 2.29. The number of ether oxygens (including phenoxy) is 1. The lowest BCUT2D eigenvalue weighted by molar-refractivity contribution is 0.0603. The van der Waals surface area contributed by atoms with Gasteiger partial charge in [-0.2, -0.15) is 5.26 Å². The molecule has 0 saturated carbocycles. The van der Waals surface area contributed by atoms with Crippen molar-refractivity contribution in [1.29, 1.82) is 5.26 Å². The van der Waals surface area contributed by atoms with Crippen LogP contribution in [0.3, 0.4) is 0 Å². The summed E-state index contributed by atoms with van der Waals surface area (Å²) in [6.07, 6.45) is 0. The molecule has 17 heavy (non-hydrogen) atoms. The molecule has 4 heteroatoms. The molecule has 0 aromatic heterocycles. The zero-order valence-electron chi connectivity index (χ0n) is 9.03. The average Bonchev–Trinajstić information content (AvgIpc) is 2.37. The molecule has 84 valence electrons. The summed E-state index contributed by atoms with van der Waals surface area (Å²) in [5.74, 6) is -0.411. The van der Waals surface area contributed by atoms with Crippen LogP contribution in [0.4, 0.5) is 0 Å². The number of nitriles is 1. The average molecular weight is 290 g/mol. The Hall–Kier alpha value is -1.86. The molecule has 0 atom stereocenters. The monoisotopic (exact) mass is 289 g/mol. The highest BCUT2D eigenvalue weighted by Gasteiger charge is 2.15. The van der Waals surface area contributed by atoms with Gasteiger partial charge in [-0.15, -0.1) is 0 Å². The van der Waals surface area contributed by atoms with Crippen LogP contribution in [-0.4, -0.2) is 13.1 Å². The van der Waals surface area contributed by atoms with Crippen molar-refractivity contribution >= 4 is 32.7 Å². The van der Waals surface area contributed by atoms with Crippen LogP contribution in [0.1, 0.15) is 15.9 Å². The van der Waals surface area contributed by atoms with Crippen molar-refractivity contribution in [2.24, 2.45) is 0 Å². The number of hydrogen-bond donors (Lipinski definition) is 0. The largest absolute Gasteiger partial charge is 0.465 e. The Labute approximate surface area is 107 Å². The Kier molecular flexibility index (Phi) is 3.12. The Bertz CT molecular complexity index is 644. The van der Waals surface area contributed by atoms with E-state index in [2.05, 4.69) is 22.0 Å². The fourth-order valence-corrected chi connectivity index (χ4v) is 2.26. The third-order valence-corrected chi connectivity index (χ3v) is 3.14. The van der Waals surface area contributed by atoms with E-state index in [9.17, 15) is 4.79 Å². The molecular formula is C13H8BrNO2. The molecule has 0 bridgehead atoms. The quantitative estimate of drug-likeness (QED) is 0.757. The van der Waals surface area contributed by atoms with E-state index in [1.807, 2.05) is 18.2 Å². The fraction of sp³-hybridized carbons (Fsp3) is 0.0769. The van der Waals surface area contributed by atoms with Crippen LogP contribution in [0, 0.1) is 11.3 Å². The van der Waals surface area contributed by atoms with Crippen molar-refractivity contribution in [3.05, 3.63) is 45.9 Å². The van der Waals surface area contributed by atoms with Crippen molar-refractivity contribution in [3.63, 3.8) is 0 Å². The van der Waals surface area contributed by atoms with E-state index in [0.717, 1.165) is 10.8 Å². The second kappa shape index (κ2) is 4.56. The summed E-state index contributed by atoms with van der Waals surface area (Å²) < 4.78 is 5.33. The Balaban J connectivity index is 2.89. The number of hydrogen-bond acceptors (Lipinski definition) is 3. The number of carbonyl (C=O) groups is 1. The van der Waals surface area contributed by atoms with Crippen LogP contribution in [0.15, 0.2) is 34.8 Å². The molecule has 0 N–H and O–H groups in total. The first-order chi connectivity index (χ1) is 8.19. The van der Waals surface area contributed by atoms with Crippen molar-refractivity contribution in [2.45, 2.75) is 0 Å². The minimum Gasteiger partial charge on any atom is -0.465 e. The summed E-state index contributed by atoms with van der Waals surface area (Å²) in [6, 6.07) is 11.0. The van der Waals surface area contributed by atoms with E-state index in [0.29, 0.717) is 15.6 Å². The van der Waals surface area contributed by atoms with Crippen molar-refractivity contribution in [3.8, 4) is 6.07 Å². The van der Waals surface area contributed by atoms with E-state index >= 15 is 0 Å². The van der Waals surface area contributed by atoms with Gasteiger partial charge in [0.2, 0.25) is 0 Å². The maximum Gasteiger partial charge on any atom is 0.338 e. The van der Waals surface area contributed by atoms with Crippen LogP contribution >= 0.6 is 15.9 Å². The lowest BCUT2D eigenvalue weighted by atomic mass is 10.0. The fourth-order valence-electron chi connectivity index (χ4n) is 1.73. The molecular weight excluding hydrogens is 282 g/mol. The molecule has 3 nitrogen and oxygen atoms in total. The smallest absolute Gasteiger partial charge is 0.338 e. The van der Waals surface area contributed by atoms with Gasteiger partial charge in [0, 0.05) is 9.86 Å². The Morgan fingerprint density at radius 3 is 2.59 bits per heavy atom. The summed E-state index contributed by atoms with van der Waals surface area (Å²) in [5, 5.41) is 10.6. The number of methoxy groups -OCH3 is 1. The molecule has 0 aliphatic heterocycles. The first-order valence-electron chi connectivity index (χ1n) is 4.88. The third kappa shape index (κ3) is 1.90. The normalized spacial score (nSPS) is 9.94. The summed E-state index contributed by atoms with van der Waals surface area (Å²) in [4.78, 5) is 11.7. The van der Waals surface area contributed by atoms with E-state index < -0.39 is 5.97 Å². The summed E-state index contributed by atoms with van der Waals surface area (Å²) in [7, 11) is 1.34.